The molecule has 2 aromatic carbocycles. The van der Waals surface area contributed by atoms with Gasteiger partial charge < -0.3 is 14.9 Å². The van der Waals surface area contributed by atoms with E-state index in [9.17, 15) is 4.79 Å². The summed E-state index contributed by atoms with van der Waals surface area (Å²) in [5.74, 6) is 1.34. The normalized spacial score (nSPS) is 11.7. The van der Waals surface area contributed by atoms with E-state index in [1.807, 2.05) is 57.2 Å². The highest BCUT2D eigenvalue weighted by atomic mass is 32.2. The van der Waals surface area contributed by atoms with Gasteiger partial charge in [0.1, 0.15) is 11.3 Å². The number of thioether (sulfide) groups is 1. The van der Waals surface area contributed by atoms with Crippen molar-refractivity contribution in [1.29, 1.82) is 0 Å². The van der Waals surface area contributed by atoms with E-state index in [0.717, 1.165) is 33.5 Å². The van der Waals surface area contributed by atoms with Crippen molar-refractivity contribution in [3.05, 3.63) is 69.6 Å². The van der Waals surface area contributed by atoms with Crippen molar-refractivity contribution in [1.82, 2.24) is 0 Å². The summed E-state index contributed by atoms with van der Waals surface area (Å²) in [5, 5.41) is 1.36. The van der Waals surface area contributed by atoms with Gasteiger partial charge in [0.15, 0.2) is 5.17 Å². The first kappa shape index (κ1) is 19.0. The van der Waals surface area contributed by atoms with Gasteiger partial charge in [-0.15, -0.1) is 0 Å². The quantitative estimate of drug-likeness (QED) is 0.393. The number of fused-ring (bicyclic) bond motifs is 1. The van der Waals surface area contributed by atoms with Gasteiger partial charge in [-0.2, -0.15) is 0 Å². The van der Waals surface area contributed by atoms with Crippen LogP contribution in [-0.4, -0.2) is 11.8 Å². The third-order valence-electron chi connectivity index (χ3n) is 4.21. The molecule has 6 heteroatoms. The molecule has 0 amide bonds. The maximum absolute atomic E-state index is 11.9. The van der Waals surface area contributed by atoms with Crippen LogP contribution in [0.1, 0.15) is 23.6 Å². The number of ether oxygens (including phenoxy) is 1. The lowest BCUT2D eigenvalue weighted by atomic mass is 10.0. The van der Waals surface area contributed by atoms with Crippen molar-refractivity contribution in [3.8, 4) is 5.75 Å². The number of nitrogens with zero attached hydrogens (tertiary/aromatic N) is 1. The van der Waals surface area contributed by atoms with Crippen LogP contribution in [0, 0.1) is 13.8 Å². The van der Waals surface area contributed by atoms with E-state index < -0.39 is 0 Å². The number of hydrogen-bond acceptors (Lipinski definition) is 5. The van der Waals surface area contributed by atoms with E-state index in [-0.39, 0.29) is 5.63 Å². The zero-order valence-electron chi connectivity index (χ0n) is 15.6. The maximum Gasteiger partial charge on any atom is 0.336 e. The molecular weight excluding hydrogens is 360 g/mol. The topological polar surface area (TPSA) is 77.8 Å². The molecular formula is C21H22N2O3S. The van der Waals surface area contributed by atoms with Gasteiger partial charge >= 0.3 is 5.63 Å². The predicted octanol–water partition coefficient (Wildman–Crippen LogP) is 4.69. The number of aryl methyl sites for hydroxylation is 2. The molecule has 0 aliphatic heterocycles. The molecule has 2 N–H and O–H groups in total. The Balaban J connectivity index is 1.79. The number of hydrogen-bond donors (Lipinski definition) is 1. The Morgan fingerprint density at radius 2 is 1.85 bits per heavy atom. The van der Waals surface area contributed by atoms with Crippen molar-refractivity contribution >= 4 is 33.6 Å². The molecule has 0 atom stereocenters. The molecule has 0 bridgehead atoms. The van der Waals surface area contributed by atoms with Gasteiger partial charge in [-0.1, -0.05) is 11.8 Å². The Labute approximate surface area is 162 Å². The number of rotatable bonds is 5. The maximum atomic E-state index is 11.9. The molecule has 0 unspecified atom stereocenters. The Morgan fingerprint density at radius 1 is 1.15 bits per heavy atom. The van der Waals surface area contributed by atoms with Gasteiger partial charge in [0.2, 0.25) is 0 Å². The second-order valence-electron chi connectivity index (χ2n) is 6.19. The fourth-order valence-electron chi connectivity index (χ4n) is 2.70. The van der Waals surface area contributed by atoms with Gasteiger partial charge in [-0.3, -0.25) is 0 Å². The molecule has 0 fully saturated rings. The molecule has 0 radical (unpaired) electrons. The summed E-state index contributed by atoms with van der Waals surface area (Å²) in [6.07, 6.45) is 0. The van der Waals surface area contributed by atoms with Crippen molar-refractivity contribution in [2.45, 2.75) is 26.5 Å². The van der Waals surface area contributed by atoms with Crippen molar-refractivity contribution in [3.63, 3.8) is 0 Å². The Kier molecular flexibility index (Phi) is 5.86. The monoisotopic (exact) mass is 382 g/mol. The highest BCUT2D eigenvalue weighted by Crippen LogP contribution is 2.25. The molecule has 140 valence electrons. The van der Waals surface area contributed by atoms with E-state index in [0.29, 0.717) is 23.1 Å². The van der Waals surface area contributed by atoms with Gasteiger partial charge in [0, 0.05) is 17.2 Å². The summed E-state index contributed by atoms with van der Waals surface area (Å²) >= 11 is 1.39. The van der Waals surface area contributed by atoms with Gasteiger partial charge in [0.25, 0.3) is 0 Å². The van der Waals surface area contributed by atoms with Crippen LogP contribution >= 0.6 is 11.8 Å². The summed E-state index contributed by atoms with van der Waals surface area (Å²) in [5.41, 5.74) is 10.2. The zero-order chi connectivity index (χ0) is 19.4. The molecule has 5 nitrogen and oxygen atoms in total. The van der Waals surface area contributed by atoms with E-state index in [2.05, 4.69) is 4.99 Å². The second kappa shape index (κ2) is 8.31. The highest BCUT2D eigenvalue weighted by Gasteiger charge is 2.09. The molecule has 3 rings (SSSR count). The Hall–Kier alpha value is -2.73. The minimum absolute atomic E-state index is 0.358. The number of amidine groups is 1. The number of nitrogens with two attached hydrogens (primary N) is 1. The zero-order valence-corrected chi connectivity index (χ0v) is 16.4. The van der Waals surface area contributed by atoms with E-state index >= 15 is 0 Å². The lowest BCUT2D eigenvalue weighted by molar-refractivity contribution is 0.340. The summed E-state index contributed by atoms with van der Waals surface area (Å²) in [7, 11) is 0. The molecule has 0 saturated heterocycles. The average Bonchev–Trinajstić information content (AvgIpc) is 2.63. The largest absolute Gasteiger partial charge is 0.494 e. The first-order valence-electron chi connectivity index (χ1n) is 8.70. The summed E-state index contributed by atoms with van der Waals surface area (Å²) in [4.78, 5) is 16.3. The molecule has 3 aromatic rings. The third kappa shape index (κ3) is 4.71. The Bertz CT molecular complexity index is 1040. The smallest absolute Gasteiger partial charge is 0.336 e. The third-order valence-corrected chi connectivity index (χ3v) is 5.05. The number of aliphatic imine (C=N–C) groups is 1. The summed E-state index contributed by atoms with van der Waals surface area (Å²) in [6, 6.07) is 12.9. The van der Waals surface area contributed by atoms with Crippen LogP contribution in [0.15, 0.2) is 56.7 Å². The van der Waals surface area contributed by atoms with Gasteiger partial charge in [-0.25, -0.2) is 9.79 Å². The molecule has 27 heavy (non-hydrogen) atoms. The fraction of sp³-hybridized carbons (Fsp3) is 0.238. The standard InChI is InChI=1S/C21H22N2O3S/c1-4-25-17-7-5-16(6-8-17)23-21(22)27-12-15-11-20(24)26-19-10-14(3)13(2)9-18(15)19/h5-11H,4,12H2,1-3H3,(H2,22,23). The van der Waals surface area contributed by atoms with Crippen LogP contribution in [0.3, 0.4) is 0 Å². The summed E-state index contributed by atoms with van der Waals surface area (Å²) < 4.78 is 10.8. The van der Waals surface area contributed by atoms with Crippen LogP contribution in [0.5, 0.6) is 5.75 Å². The lowest BCUT2D eigenvalue weighted by Crippen LogP contribution is -2.07. The first-order chi connectivity index (χ1) is 13.0. The van der Waals surface area contributed by atoms with E-state index in [1.165, 1.54) is 17.8 Å². The second-order valence-corrected chi connectivity index (χ2v) is 7.18. The van der Waals surface area contributed by atoms with Crippen LogP contribution < -0.4 is 16.1 Å². The van der Waals surface area contributed by atoms with Crippen molar-refractivity contribution < 1.29 is 9.15 Å². The summed E-state index contributed by atoms with van der Waals surface area (Å²) in [6.45, 7) is 6.60. The van der Waals surface area contributed by atoms with E-state index in [1.54, 1.807) is 0 Å². The van der Waals surface area contributed by atoms with Crippen molar-refractivity contribution in [2.75, 3.05) is 6.61 Å². The minimum Gasteiger partial charge on any atom is -0.494 e. The molecule has 0 aliphatic carbocycles. The fourth-order valence-corrected chi connectivity index (χ4v) is 3.41. The highest BCUT2D eigenvalue weighted by molar-refractivity contribution is 8.13. The minimum atomic E-state index is -0.358. The van der Waals surface area contributed by atoms with Crippen LogP contribution in [0.2, 0.25) is 0 Å². The average molecular weight is 382 g/mol. The lowest BCUT2D eigenvalue weighted by Gasteiger charge is -2.08. The van der Waals surface area contributed by atoms with Crippen LogP contribution in [0.4, 0.5) is 5.69 Å². The van der Waals surface area contributed by atoms with E-state index in [4.69, 9.17) is 14.9 Å². The van der Waals surface area contributed by atoms with Crippen LogP contribution in [0.25, 0.3) is 11.0 Å². The molecule has 1 heterocycles. The van der Waals surface area contributed by atoms with Crippen LogP contribution in [-0.2, 0) is 5.75 Å². The first-order valence-corrected chi connectivity index (χ1v) is 9.68. The molecule has 0 spiro atoms. The number of benzene rings is 2. The molecule has 0 saturated carbocycles. The SMILES string of the molecule is CCOc1ccc(N=C(N)SCc2cc(=O)oc3cc(C)c(C)cc23)cc1. The molecule has 1 aromatic heterocycles. The predicted molar refractivity (Wildman–Crippen MR) is 112 cm³/mol. The van der Waals surface area contributed by atoms with Crippen molar-refractivity contribution in [2.24, 2.45) is 10.7 Å². The molecule has 0 aliphatic rings. The van der Waals surface area contributed by atoms with Gasteiger partial charge in [-0.05, 0) is 73.9 Å². The Morgan fingerprint density at radius 3 is 2.56 bits per heavy atom. The van der Waals surface area contributed by atoms with Gasteiger partial charge in [0.05, 0.1) is 12.3 Å².